The van der Waals surface area contributed by atoms with Gasteiger partial charge in [-0.3, -0.25) is 4.39 Å². The van der Waals surface area contributed by atoms with Gasteiger partial charge in [0.2, 0.25) is 0 Å². The second-order valence-corrected chi connectivity index (χ2v) is 2.41. The smallest absolute Gasteiger partial charge is 0.0894 e. The Balaban J connectivity index is 2.72. The van der Waals surface area contributed by atoms with Crippen molar-refractivity contribution in [3.63, 3.8) is 0 Å². The molecule has 0 nitrogen and oxygen atoms in total. The van der Waals surface area contributed by atoms with Gasteiger partial charge in [-0.1, -0.05) is 19.3 Å². The lowest BCUT2D eigenvalue weighted by atomic mass is 10.1. The first-order valence-electron chi connectivity index (χ1n) is 3.91. The van der Waals surface area contributed by atoms with Crippen molar-refractivity contribution in [3.8, 4) is 12.3 Å². The molecule has 0 aliphatic heterocycles. The molecule has 0 aromatic heterocycles. The molecule has 0 atom stereocenters. The lowest BCUT2D eigenvalue weighted by Crippen LogP contribution is -1.79. The van der Waals surface area contributed by atoms with Crippen molar-refractivity contribution in [2.24, 2.45) is 0 Å². The SMILES string of the molecule is C#CCCCCCCCF. The van der Waals surface area contributed by atoms with E-state index in [1.54, 1.807) is 0 Å². The fourth-order valence-corrected chi connectivity index (χ4v) is 0.852. The first-order chi connectivity index (χ1) is 4.91. The molecular formula is C9H15F. The first-order valence-corrected chi connectivity index (χ1v) is 3.91. The van der Waals surface area contributed by atoms with Crippen molar-refractivity contribution < 1.29 is 4.39 Å². The molecule has 10 heavy (non-hydrogen) atoms. The molecule has 0 amide bonds. The maximum atomic E-state index is 11.5. The van der Waals surface area contributed by atoms with E-state index in [1.807, 2.05) is 0 Å². The highest BCUT2D eigenvalue weighted by Gasteiger charge is 1.87. The van der Waals surface area contributed by atoms with E-state index in [0.29, 0.717) is 0 Å². The summed E-state index contributed by atoms with van der Waals surface area (Å²) in [4.78, 5) is 0. The molecule has 0 heterocycles. The predicted octanol–water partition coefficient (Wildman–Crippen LogP) is 2.93. The molecule has 0 fully saturated rings. The summed E-state index contributed by atoms with van der Waals surface area (Å²) in [6, 6.07) is 0. The molecule has 1 heteroatoms. The maximum absolute atomic E-state index is 11.5. The summed E-state index contributed by atoms with van der Waals surface area (Å²) in [5, 5.41) is 0. The number of rotatable bonds is 6. The van der Waals surface area contributed by atoms with Gasteiger partial charge in [0.25, 0.3) is 0 Å². The normalized spacial score (nSPS) is 9.20. The van der Waals surface area contributed by atoms with Crippen LogP contribution in [0.15, 0.2) is 0 Å². The van der Waals surface area contributed by atoms with E-state index in [2.05, 4.69) is 5.92 Å². The van der Waals surface area contributed by atoms with Gasteiger partial charge in [0, 0.05) is 6.42 Å². The van der Waals surface area contributed by atoms with Crippen LogP contribution in [0.5, 0.6) is 0 Å². The molecule has 0 saturated heterocycles. The number of hydrogen-bond acceptors (Lipinski definition) is 0. The van der Waals surface area contributed by atoms with Crippen LogP contribution >= 0.6 is 0 Å². The number of terminal acetylenes is 1. The molecule has 0 aromatic rings. The molecule has 0 unspecified atom stereocenters. The highest BCUT2D eigenvalue weighted by Crippen LogP contribution is 2.04. The molecule has 0 aromatic carbocycles. The van der Waals surface area contributed by atoms with Gasteiger partial charge >= 0.3 is 0 Å². The van der Waals surface area contributed by atoms with Gasteiger partial charge in [-0.2, -0.15) is 0 Å². The molecule has 0 aliphatic carbocycles. The van der Waals surface area contributed by atoms with Crippen molar-refractivity contribution in [1.29, 1.82) is 0 Å². The minimum Gasteiger partial charge on any atom is -0.251 e. The number of unbranched alkanes of at least 4 members (excludes halogenated alkanes) is 5. The van der Waals surface area contributed by atoms with Crippen molar-refractivity contribution in [2.45, 2.75) is 38.5 Å². The second-order valence-electron chi connectivity index (χ2n) is 2.41. The van der Waals surface area contributed by atoms with E-state index in [1.165, 1.54) is 0 Å². The average Bonchev–Trinajstić information content (AvgIpc) is 1.97. The Morgan fingerprint density at radius 2 is 1.60 bits per heavy atom. The quantitative estimate of drug-likeness (QED) is 0.395. The largest absolute Gasteiger partial charge is 0.251 e. The summed E-state index contributed by atoms with van der Waals surface area (Å²) in [5.41, 5.74) is 0. The number of halogens is 1. The fraction of sp³-hybridized carbons (Fsp3) is 0.778. The van der Waals surface area contributed by atoms with Gasteiger partial charge in [0.15, 0.2) is 0 Å². The van der Waals surface area contributed by atoms with E-state index >= 15 is 0 Å². The van der Waals surface area contributed by atoms with Crippen LogP contribution in [0.4, 0.5) is 4.39 Å². The van der Waals surface area contributed by atoms with Gasteiger partial charge < -0.3 is 0 Å². The Morgan fingerprint density at radius 1 is 1.00 bits per heavy atom. The van der Waals surface area contributed by atoms with Gasteiger partial charge in [-0.25, -0.2) is 0 Å². The van der Waals surface area contributed by atoms with Crippen LogP contribution < -0.4 is 0 Å². The van der Waals surface area contributed by atoms with Gasteiger partial charge in [0.1, 0.15) is 0 Å². The highest BCUT2D eigenvalue weighted by molar-refractivity contribution is 4.82. The summed E-state index contributed by atoms with van der Waals surface area (Å²) >= 11 is 0. The molecule has 0 bridgehead atoms. The molecule has 0 spiro atoms. The van der Waals surface area contributed by atoms with E-state index < -0.39 is 0 Å². The van der Waals surface area contributed by atoms with Gasteiger partial charge in [0.05, 0.1) is 6.67 Å². The monoisotopic (exact) mass is 142 g/mol. The molecule has 0 rings (SSSR count). The molecular weight excluding hydrogens is 127 g/mol. The summed E-state index contributed by atoms with van der Waals surface area (Å²) < 4.78 is 11.5. The lowest BCUT2D eigenvalue weighted by Gasteiger charge is -1.94. The van der Waals surface area contributed by atoms with Crippen molar-refractivity contribution in [3.05, 3.63) is 0 Å². The first kappa shape index (κ1) is 9.49. The lowest BCUT2D eigenvalue weighted by molar-refractivity contribution is 0.452. The Hall–Kier alpha value is -0.510. The van der Waals surface area contributed by atoms with Crippen molar-refractivity contribution in [1.82, 2.24) is 0 Å². The molecule has 58 valence electrons. The zero-order valence-corrected chi connectivity index (χ0v) is 6.41. The van der Waals surface area contributed by atoms with Crippen LogP contribution in [0.3, 0.4) is 0 Å². The Kier molecular flexibility index (Phi) is 8.06. The van der Waals surface area contributed by atoms with Crippen LogP contribution in [0, 0.1) is 12.3 Å². The third kappa shape index (κ3) is 7.49. The zero-order chi connectivity index (χ0) is 7.66. The second kappa shape index (κ2) is 8.49. The van der Waals surface area contributed by atoms with E-state index in [9.17, 15) is 4.39 Å². The Bertz CT molecular complexity index is 91.4. The van der Waals surface area contributed by atoms with Crippen LogP contribution in [0.1, 0.15) is 38.5 Å². The third-order valence-electron chi connectivity index (χ3n) is 1.45. The number of alkyl halides is 1. The Morgan fingerprint density at radius 3 is 2.20 bits per heavy atom. The third-order valence-corrected chi connectivity index (χ3v) is 1.45. The fourth-order valence-electron chi connectivity index (χ4n) is 0.852. The zero-order valence-electron chi connectivity index (χ0n) is 6.41. The van der Waals surface area contributed by atoms with Crippen LogP contribution in [0.2, 0.25) is 0 Å². The molecule has 0 radical (unpaired) electrons. The molecule has 0 saturated carbocycles. The van der Waals surface area contributed by atoms with Crippen molar-refractivity contribution >= 4 is 0 Å². The average molecular weight is 142 g/mol. The molecule has 0 N–H and O–H groups in total. The summed E-state index contributed by atoms with van der Waals surface area (Å²) in [6.45, 7) is -0.171. The maximum Gasteiger partial charge on any atom is 0.0894 e. The van der Waals surface area contributed by atoms with Crippen LogP contribution in [-0.2, 0) is 0 Å². The minimum atomic E-state index is -0.171. The number of hydrogen-bond donors (Lipinski definition) is 0. The topological polar surface area (TPSA) is 0 Å². The van der Waals surface area contributed by atoms with Gasteiger partial charge in [-0.05, 0) is 12.8 Å². The van der Waals surface area contributed by atoms with Crippen LogP contribution in [-0.4, -0.2) is 6.67 Å². The minimum absolute atomic E-state index is 0.171. The predicted molar refractivity (Wildman–Crippen MR) is 42.5 cm³/mol. The highest BCUT2D eigenvalue weighted by atomic mass is 19.1. The Labute approximate surface area is 62.8 Å². The van der Waals surface area contributed by atoms with E-state index in [4.69, 9.17) is 6.42 Å². The standard InChI is InChI=1S/C9H15F/c1-2-3-4-5-6-7-8-9-10/h1H,3-9H2. The van der Waals surface area contributed by atoms with Crippen LogP contribution in [0.25, 0.3) is 0 Å². The van der Waals surface area contributed by atoms with E-state index in [0.717, 1.165) is 38.5 Å². The summed E-state index contributed by atoms with van der Waals surface area (Å²) in [5.74, 6) is 2.58. The molecule has 0 aliphatic rings. The summed E-state index contributed by atoms with van der Waals surface area (Å²) in [6.07, 6.45) is 11.1. The van der Waals surface area contributed by atoms with E-state index in [-0.39, 0.29) is 6.67 Å². The van der Waals surface area contributed by atoms with Gasteiger partial charge in [-0.15, -0.1) is 12.3 Å². The van der Waals surface area contributed by atoms with Crippen molar-refractivity contribution in [2.75, 3.05) is 6.67 Å². The summed E-state index contributed by atoms with van der Waals surface area (Å²) in [7, 11) is 0.